The van der Waals surface area contributed by atoms with Crippen LogP contribution in [0.4, 0.5) is 0 Å². The first-order valence-corrected chi connectivity index (χ1v) is 8.33. The quantitative estimate of drug-likeness (QED) is 0.883. The highest BCUT2D eigenvalue weighted by atomic mass is 15.2. The van der Waals surface area contributed by atoms with E-state index in [-0.39, 0.29) is 0 Å². The third kappa shape index (κ3) is 3.62. The van der Waals surface area contributed by atoms with Crippen LogP contribution < -0.4 is 5.32 Å². The topological polar surface area (TPSA) is 15.3 Å². The van der Waals surface area contributed by atoms with E-state index in [1.54, 1.807) is 0 Å². The Labute approximate surface area is 123 Å². The maximum atomic E-state index is 3.89. The van der Waals surface area contributed by atoms with Crippen LogP contribution in [-0.4, -0.2) is 30.1 Å². The van der Waals surface area contributed by atoms with E-state index in [1.807, 2.05) is 0 Å². The highest BCUT2D eigenvalue weighted by molar-refractivity contribution is 5.14. The number of hydrogen-bond donors (Lipinski definition) is 1. The largest absolute Gasteiger partial charge is 0.310 e. The summed E-state index contributed by atoms with van der Waals surface area (Å²) in [6.45, 7) is 5.96. The van der Waals surface area contributed by atoms with E-state index in [0.29, 0.717) is 12.1 Å². The lowest BCUT2D eigenvalue weighted by Gasteiger charge is -2.25. The van der Waals surface area contributed by atoms with Gasteiger partial charge in [0.15, 0.2) is 0 Å². The molecule has 0 amide bonds. The van der Waals surface area contributed by atoms with Crippen LogP contribution in [0.5, 0.6) is 0 Å². The lowest BCUT2D eigenvalue weighted by atomic mass is 9.99. The normalized spacial score (nSPS) is 26.1. The van der Waals surface area contributed by atoms with Gasteiger partial charge in [-0.05, 0) is 37.7 Å². The maximum Gasteiger partial charge on any atom is 0.0234 e. The predicted octanol–water partition coefficient (Wildman–Crippen LogP) is 3.43. The third-order valence-corrected chi connectivity index (χ3v) is 5.13. The fourth-order valence-corrected chi connectivity index (χ4v) is 3.92. The van der Waals surface area contributed by atoms with Gasteiger partial charge in [-0.1, -0.05) is 43.2 Å². The van der Waals surface area contributed by atoms with E-state index in [4.69, 9.17) is 0 Å². The molecule has 1 heterocycles. The maximum absolute atomic E-state index is 3.89. The van der Waals surface area contributed by atoms with Crippen LogP contribution in [0.15, 0.2) is 30.3 Å². The molecule has 0 bridgehead atoms. The molecule has 1 aromatic carbocycles. The SMILES string of the molecule is C[C@H](NC1CCN(Cc2ccccc2)C1)C1CCCC1. The second-order valence-electron chi connectivity index (χ2n) is 6.71. The fraction of sp³-hybridized carbons (Fsp3) is 0.667. The second kappa shape index (κ2) is 6.73. The summed E-state index contributed by atoms with van der Waals surface area (Å²) in [4.78, 5) is 2.59. The molecule has 1 aliphatic heterocycles. The summed E-state index contributed by atoms with van der Waals surface area (Å²) in [5.74, 6) is 0.929. The molecule has 3 rings (SSSR count). The molecule has 1 aromatic rings. The van der Waals surface area contributed by atoms with Crippen molar-refractivity contribution in [3.8, 4) is 0 Å². The van der Waals surface area contributed by atoms with Crippen molar-refractivity contribution in [2.24, 2.45) is 5.92 Å². The van der Waals surface area contributed by atoms with Gasteiger partial charge in [0.05, 0.1) is 0 Å². The first-order valence-electron chi connectivity index (χ1n) is 8.33. The Hall–Kier alpha value is -0.860. The molecule has 2 atom stereocenters. The van der Waals surface area contributed by atoms with Gasteiger partial charge in [-0.3, -0.25) is 4.90 Å². The molecule has 2 aliphatic rings. The highest BCUT2D eigenvalue weighted by Gasteiger charge is 2.27. The Morgan fingerprint density at radius 1 is 1.15 bits per heavy atom. The van der Waals surface area contributed by atoms with E-state index < -0.39 is 0 Å². The first kappa shape index (κ1) is 14.1. The van der Waals surface area contributed by atoms with Crippen LogP contribution in [-0.2, 0) is 6.54 Å². The number of likely N-dealkylation sites (tertiary alicyclic amines) is 1. The Morgan fingerprint density at radius 2 is 1.90 bits per heavy atom. The van der Waals surface area contributed by atoms with Gasteiger partial charge in [0.2, 0.25) is 0 Å². The number of nitrogens with one attached hydrogen (secondary N) is 1. The molecule has 20 heavy (non-hydrogen) atoms. The van der Waals surface area contributed by atoms with Crippen molar-refractivity contribution in [2.75, 3.05) is 13.1 Å². The number of hydrogen-bond acceptors (Lipinski definition) is 2. The van der Waals surface area contributed by atoms with Crippen molar-refractivity contribution < 1.29 is 0 Å². The predicted molar refractivity (Wildman–Crippen MR) is 84.7 cm³/mol. The number of rotatable bonds is 5. The highest BCUT2D eigenvalue weighted by Crippen LogP contribution is 2.28. The van der Waals surface area contributed by atoms with Gasteiger partial charge in [-0.2, -0.15) is 0 Å². The van der Waals surface area contributed by atoms with Crippen molar-refractivity contribution in [1.82, 2.24) is 10.2 Å². The summed E-state index contributed by atoms with van der Waals surface area (Å²) in [6.07, 6.45) is 7.08. The van der Waals surface area contributed by atoms with Gasteiger partial charge in [0.1, 0.15) is 0 Å². The number of benzene rings is 1. The zero-order chi connectivity index (χ0) is 13.8. The van der Waals surface area contributed by atoms with Gasteiger partial charge < -0.3 is 5.32 Å². The lowest BCUT2D eigenvalue weighted by Crippen LogP contribution is -2.41. The monoisotopic (exact) mass is 272 g/mol. The Morgan fingerprint density at radius 3 is 2.65 bits per heavy atom. The van der Waals surface area contributed by atoms with Crippen molar-refractivity contribution in [1.29, 1.82) is 0 Å². The molecule has 1 saturated carbocycles. The van der Waals surface area contributed by atoms with Crippen molar-refractivity contribution >= 4 is 0 Å². The molecule has 0 spiro atoms. The fourth-order valence-electron chi connectivity index (χ4n) is 3.92. The molecule has 0 radical (unpaired) electrons. The number of nitrogens with zero attached hydrogens (tertiary/aromatic N) is 1. The molecule has 110 valence electrons. The molecular formula is C18H28N2. The van der Waals surface area contributed by atoms with Crippen LogP contribution in [0.25, 0.3) is 0 Å². The summed E-state index contributed by atoms with van der Waals surface area (Å²) >= 11 is 0. The molecular weight excluding hydrogens is 244 g/mol. The van der Waals surface area contributed by atoms with Crippen molar-refractivity contribution in [3.05, 3.63) is 35.9 Å². The molecule has 1 saturated heterocycles. The third-order valence-electron chi connectivity index (χ3n) is 5.13. The average molecular weight is 272 g/mol. The van der Waals surface area contributed by atoms with E-state index in [9.17, 15) is 0 Å². The summed E-state index contributed by atoms with van der Waals surface area (Å²) in [6, 6.07) is 12.3. The van der Waals surface area contributed by atoms with Crippen LogP contribution in [0.2, 0.25) is 0 Å². The van der Waals surface area contributed by atoms with E-state index in [2.05, 4.69) is 47.5 Å². The molecule has 1 aliphatic carbocycles. The first-order chi connectivity index (χ1) is 9.81. The second-order valence-corrected chi connectivity index (χ2v) is 6.71. The van der Waals surface area contributed by atoms with Crippen molar-refractivity contribution in [2.45, 2.75) is 57.7 Å². The molecule has 2 fully saturated rings. The lowest BCUT2D eigenvalue weighted by molar-refractivity contribution is 0.300. The van der Waals surface area contributed by atoms with E-state index in [0.717, 1.165) is 12.5 Å². The average Bonchev–Trinajstić information content (AvgIpc) is 3.11. The Kier molecular flexibility index (Phi) is 4.74. The molecule has 1 N–H and O–H groups in total. The van der Waals surface area contributed by atoms with Gasteiger partial charge in [0.25, 0.3) is 0 Å². The summed E-state index contributed by atoms with van der Waals surface area (Å²) < 4.78 is 0. The van der Waals surface area contributed by atoms with Crippen LogP contribution in [0, 0.1) is 5.92 Å². The summed E-state index contributed by atoms with van der Waals surface area (Å²) in [5, 5.41) is 3.89. The zero-order valence-corrected chi connectivity index (χ0v) is 12.7. The zero-order valence-electron chi connectivity index (χ0n) is 12.7. The summed E-state index contributed by atoms with van der Waals surface area (Å²) in [7, 11) is 0. The van der Waals surface area contributed by atoms with Crippen LogP contribution in [0.1, 0.15) is 44.6 Å². The minimum atomic E-state index is 0.703. The molecule has 1 unspecified atom stereocenters. The van der Waals surface area contributed by atoms with E-state index >= 15 is 0 Å². The van der Waals surface area contributed by atoms with Gasteiger partial charge >= 0.3 is 0 Å². The van der Waals surface area contributed by atoms with Crippen LogP contribution >= 0.6 is 0 Å². The standard InChI is InChI=1S/C18H28N2/c1-15(17-9-5-6-10-17)19-18-11-12-20(14-18)13-16-7-3-2-4-8-16/h2-4,7-8,15,17-19H,5-6,9-14H2,1H3/t15-,18?/m0/s1. The van der Waals surface area contributed by atoms with Gasteiger partial charge in [-0.25, -0.2) is 0 Å². The molecule has 2 heteroatoms. The smallest absolute Gasteiger partial charge is 0.0234 e. The van der Waals surface area contributed by atoms with Crippen LogP contribution in [0.3, 0.4) is 0 Å². The molecule has 2 nitrogen and oxygen atoms in total. The van der Waals surface area contributed by atoms with Crippen molar-refractivity contribution in [3.63, 3.8) is 0 Å². The molecule has 0 aromatic heterocycles. The Balaban J connectivity index is 1.44. The van der Waals surface area contributed by atoms with Gasteiger partial charge in [-0.15, -0.1) is 0 Å². The van der Waals surface area contributed by atoms with E-state index in [1.165, 1.54) is 50.8 Å². The summed E-state index contributed by atoms with van der Waals surface area (Å²) in [5.41, 5.74) is 1.44. The minimum Gasteiger partial charge on any atom is -0.310 e. The van der Waals surface area contributed by atoms with Gasteiger partial charge in [0, 0.05) is 31.7 Å². The minimum absolute atomic E-state index is 0.703. The Bertz CT molecular complexity index is 397.